The van der Waals surface area contributed by atoms with Crippen LogP contribution in [0.25, 0.3) is 55.0 Å². The van der Waals surface area contributed by atoms with Gasteiger partial charge in [0.25, 0.3) is 0 Å². The number of thiophene rings is 1. The number of hydrogen-bond acceptors (Lipinski definition) is 6. The fraction of sp³-hybridized carbons (Fsp3) is 0.111. The van der Waals surface area contributed by atoms with Crippen LogP contribution in [0.15, 0.2) is 78.8 Å². The van der Waals surface area contributed by atoms with Crippen LogP contribution in [-0.2, 0) is 0 Å². The summed E-state index contributed by atoms with van der Waals surface area (Å²) in [7, 11) is 0. The van der Waals surface area contributed by atoms with Crippen LogP contribution in [0.1, 0.15) is 13.8 Å². The van der Waals surface area contributed by atoms with Gasteiger partial charge in [0.05, 0.1) is 40.5 Å². The van der Waals surface area contributed by atoms with E-state index in [1.165, 1.54) is 4.88 Å². The molecule has 0 radical (unpaired) electrons. The highest BCUT2D eigenvalue weighted by Crippen LogP contribution is 2.35. The molecule has 172 valence electrons. The molecule has 8 heteroatoms. The minimum Gasteiger partial charge on any atom is -0.358 e. The average molecular weight is 478 g/mol. The third-order valence-electron chi connectivity index (χ3n) is 6.03. The number of aromatic amines is 2. The Hall–Kier alpha value is -4.30. The number of pyridine rings is 3. The van der Waals surface area contributed by atoms with Gasteiger partial charge in [-0.1, -0.05) is 26.5 Å². The highest BCUT2D eigenvalue weighted by atomic mass is 32.1. The molecular formula is C27H23N7S. The second kappa shape index (κ2) is 8.48. The van der Waals surface area contributed by atoms with Gasteiger partial charge in [-0.05, 0) is 41.6 Å². The van der Waals surface area contributed by atoms with Crippen molar-refractivity contribution in [2.45, 2.75) is 13.8 Å². The summed E-state index contributed by atoms with van der Waals surface area (Å²) in [4.78, 5) is 18.5. The Morgan fingerprint density at radius 1 is 1.03 bits per heavy atom. The van der Waals surface area contributed by atoms with Gasteiger partial charge in [0.1, 0.15) is 11.2 Å². The van der Waals surface area contributed by atoms with E-state index in [-0.39, 0.29) is 0 Å². The van der Waals surface area contributed by atoms with Crippen LogP contribution in [-0.4, -0.2) is 30.1 Å². The van der Waals surface area contributed by atoms with Crippen molar-refractivity contribution in [2.75, 3.05) is 5.32 Å². The van der Waals surface area contributed by atoms with Crippen LogP contribution >= 0.6 is 11.3 Å². The molecule has 6 heterocycles. The molecule has 7 nitrogen and oxygen atoms in total. The molecule has 0 saturated carbocycles. The summed E-state index contributed by atoms with van der Waals surface area (Å²) >= 11 is 1.70. The van der Waals surface area contributed by atoms with E-state index in [9.17, 15) is 0 Å². The molecule has 6 aromatic heterocycles. The van der Waals surface area contributed by atoms with Crippen molar-refractivity contribution < 1.29 is 0 Å². The van der Waals surface area contributed by atoms with Gasteiger partial charge in [-0.25, -0.2) is 4.98 Å². The van der Waals surface area contributed by atoms with Crippen molar-refractivity contribution in [3.05, 3.63) is 78.8 Å². The van der Waals surface area contributed by atoms with Crippen molar-refractivity contribution >= 4 is 39.0 Å². The van der Waals surface area contributed by atoms with Crippen LogP contribution in [0, 0.1) is 5.92 Å². The molecule has 0 bridgehead atoms. The van der Waals surface area contributed by atoms with Gasteiger partial charge < -0.3 is 10.3 Å². The minimum atomic E-state index is 0.327. The Morgan fingerprint density at radius 3 is 2.74 bits per heavy atom. The quantitative estimate of drug-likeness (QED) is 0.243. The SMILES string of the molecule is C=C(Nc1cncc(-c2ccc3[nH]nc(-c4cc5c(-c6cccs6)cncc5[nH]4)c3n2)c1)C(C)C. The molecule has 6 rings (SSSR count). The number of fused-ring (bicyclic) bond motifs is 2. The fourth-order valence-corrected chi connectivity index (χ4v) is 4.78. The lowest BCUT2D eigenvalue weighted by Gasteiger charge is -2.13. The summed E-state index contributed by atoms with van der Waals surface area (Å²) < 4.78 is 0. The van der Waals surface area contributed by atoms with Gasteiger partial charge in [0.2, 0.25) is 0 Å². The van der Waals surface area contributed by atoms with E-state index in [4.69, 9.17) is 4.98 Å². The Balaban J connectivity index is 1.41. The first-order valence-electron chi connectivity index (χ1n) is 11.3. The second-order valence-corrected chi connectivity index (χ2v) is 9.69. The van der Waals surface area contributed by atoms with E-state index in [0.717, 1.165) is 61.5 Å². The highest BCUT2D eigenvalue weighted by Gasteiger charge is 2.16. The largest absolute Gasteiger partial charge is 0.358 e. The van der Waals surface area contributed by atoms with E-state index in [1.54, 1.807) is 17.5 Å². The Labute approximate surface area is 206 Å². The summed E-state index contributed by atoms with van der Waals surface area (Å²) in [5.41, 5.74) is 8.97. The smallest absolute Gasteiger partial charge is 0.135 e. The summed E-state index contributed by atoms with van der Waals surface area (Å²) in [6.07, 6.45) is 7.37. The monoisotopic (exact) mass is 477 g/mol. The molecule has 0 spiro atoms. The van der Waals surface area contributed by atoms with Crippen LogP contribution < -0.4 is 5.32 Å². The van der Waals surface area contributed by atoms with Crippen molar-refractivity contribution in [3.63, 3.8) is 0 Å². The van der Waals surface area contributed by atoms with E-state index in [0.29, 0.717) is 5.92 Å². The molecular weight excluding hydrogens is 454 g/mol. The third-order valence-corrected chi connectivity index (χ3v) is 6.93. The van der Waals surface area contributed by atoms with Gasteiger partial charge >= 0.3 is 0 Å². The molecule has 6 aromatic rings. The van der Waals surface area contributed by atoms with Gasteiger partial charge in [0, 0.05) is 39.5 Å². The maximum absolute atomic E-state index is 4.96. The zero-order valence-electron chi connectivity index (χ0n) is 19.3. The van der Waals surface area contributed by atoms with Gasteiger partial charge in [-0.15, -0.1) is 11.3 Å². The molecule has 0 aromatic carbocycles. The topological polar surface area (TPSA) is 95.2 Å². The second-order valence-electron chi connectivity index (χ2n) is 8.74. The number of nitrogens with zero attached hydrogens (tertiary/aromatic N) is 4. The molecule has 3 N–H and O–H groups in total. The molecule has 35 heavy (non-hydrogen) atoms. The lowest BCUT2D eigenvalue weighted by molar-refractivity contribution is 0.778. The van der Waals surface area contributed by atoms with Gasteiger partial charge in [-0.3, -0.25) is 15.1 Å². The van der Waals surface area contributed by atoms with Crippen molar-refractivity contribution in [1.82, 2.24) is 30.1 Å². The van der Waals surface area contributed by atoms with Crippen molar-refractivity contribution in [3.8, 4) is 33.1 Å². The molecule has 0 aliphatic carbocycles. The van der Waals surface area contributed by atoms with E-state index < -0.39 is 0 Å². The standard InChI is InChI=1S/C27H23N7S/c1-15(2)16(3)30-18-9-17(11-28-12-18)21-6-7-22-26(32-21)27(34-33-22)23-10-19-20(25-5-4-8-35-25)13-29-14-24(19)31-23/h4-15,30-31H,3H2,1-2H3,(H,33,34). The normalized spacial score (nSPS) is 11.5. The molecule has 0 atom stereocenters. The molecule has 0 saturated heterocycles. The first-order valence-corrected chi connectivity index (χ1v) is 12.2. The van der Waals surface area contributed by atoms with Crippen LogP contribution in [0.5, 0.6) is 0 Å². The number of anilines is 1. The number of H-pyrrole nitrogens is 2. The first-order chi connectivity index (χ1) is 17.1. The maximum Gasteiger partial charge on any atom is 0.135 e. The summed E-state index contributed by atoms with van der Waals surface area (Å²) in [6, 6.07) is 12.3. The number of rotatable bonds is 6. The molecule has 0 aliphatic heterocycles. The lowest BCUT2D eigenvalue weighted by Crippen LogP contribution is -2.04. The molecule has 0 amide bonds. The predicted molar refractivity (Wildman–Crippen MR) is 143 cm³/mol. The van der Waals surface area contributed by atoms with Gasteiger partial charge in [-0.2, -0.15) is 5.10 Å². The van der Waals surface area contributed by atoms with Crippen LogP contribution in [0.2, 0.25) is 0 Å². The summed E-state index contributed by atoms with van der Waals surface area (Å²) in [5, 5.41) is 14.2. The third kappa shape index (κ3) is 3.87. The number of allylic oxidation sites excluding steroid dienone is 1. The number of aromatic nitrogens is 6. The predicted octanol–water partition coefficient (Wildman–Crippen LogP) is 6.87. The average Bonchev–Trinajstić information content (AvgIpc) is 3.62. The zero-order valence-corrected chi connectivity index (χ0v) is 20.1. The summed E-state index contributed by atoms with van der Waals surface area (Å²) in [6.45, 7) is 8.30. The van der Waals surface area contributed by atoms with E-state index >= 15 is 0 Å². The lowest BCUT2D eigenvalue weighted by atomic mass is 10.1. The molecule has 0 fully saturated rings. The first kappa shape index (κ1) is 21.2. The van der Waals surface area contributed by atoms with Crippen LogP contribution in [0.3, 0.4) is 0 Å². The van der Waals surface area contributed by atoms with E-state index in [2.05, 4.69) is 74.5 Å². The van der Waals surface area contributed by atoms with E-state index in [1.807, 2.05) is 36.8 Å². The zero-order chi connectivity index (χ0) is 23.9. The maximum atomic E-state index is 4.96. The fourth-order valence-electron chi connectivity index (χ4n) is 4.03. The Kier molecular flexibility index (Phi) is 5.15. The molecule has 0 aliphatic rings. The number of hydrogen-bond donors (Lipinski definition) is 3. The van der Waals surface area contributed by atoms with Crippen LogP contribution in [0.4, 0.5) is 5.69 Å². The summed E-state index contributed by atoms with van der Waals surface area (Å²) in [5.74, 6) is 0.327. The highest BCUT2D eigenvalue weighted by molar-refractivity contribution is 7.13. The van der Waals surface area contributed by atoms with Crippen molar-refractivity contribution in [2.24, 2.45) is 5.92 Å². The van der Waals surface area contributed by atoms with Crippen molar-refractivity contribution in [1.29, 1.82) is 0 Å². The Morgan fingerprint density at radius 2 is 1.91 bits per heavy atom. The minimum absolute atomic E-state index is 0.327. The molecule has 0 unspecified atom stereocenters. The Bertz CT molecular complexity index is 1670. The van der Waals surface area contributed by atoms with Gasteiger partial charge in [0.15, 0.2) is 0 Å². The number of nitrogens with one attached hydrogen (secondary N) is 3.